The van der Waals surface area contributed by atoms with Gasteiger partial charge in [0.2, 0.25) is 0 Å². The zero-order chi connectivity index (χ0) is 18.1. The number of nitrogens with zero attached hydrogens (tertiary/aromatic N) is 6. The van der Waals surface area contributed by atoms with E-state index in [1.165, 1.54) is 32.1 Å². The van der Waals surface area contributed by atoms with Crippen molar-refractivity contribution in [1.29, 1.82) is 0 Å². The highest BCUT2D eigenvalue weighted by molar-refractivity contribution is 5.59. The Bertz CT molecular complexity index is 975. The average Bonchev–Trinajstić information content (AvgIpc) is 3.33. The number of rotatable bonds is 3. The zero-order valence-corrected chi connectivity index (χ0v) is 15.2. The Morgan fingerprint density at radius 2 is 1.85 bits per heavy atom. The van der Waals surface area contributed by atoms with Crippen molar-refractivity contribution >= 4 is 5.82 Å². The lowest BCUT2D eigenvalue weighted by Gasteiger charge is -2.62. The Morgan fingerprint density at radius 3 is 2.59 bits per heavy atom. The minimum absolute atomic E-state index is 0.0966. The minimum atomic E-state index is 0.0966. The van der Waals surface area contributed by atoms with Crippen molar-refractivity contribution in [2.75, 3.05) is 5.73 Å². The first-order valence-electron chi connectivity index (χ1n) is 9.77. The molecule has 2 N–H and O–H groups in total. The molecule has 0 spiro atoms. The van der Waals surface area contributed by atoms with E-state index in [1.54, 1.807) is 12.5 Å². The van der Waals surface area contributed by atoms with Gasteiger partial charge in [0.1, 0.15) is 24.3 Å². The van der Waals surface area contributed by atoms with Gasteiger partial charge in [0.05, 0.1) is 5.54 Å². The summed E-state index contributed by atoms with van der Waals surface area (Å²) < 4.78 is 4.59. The van der Waals surface area contributed by atoms with Crippen LogP contribution in [-0.4, -0.2) is 29.3 Å². The van der Waals surface area contributed by atoms with Crippen molar-refractivity contribution in [2.45, 2.75) is 49.6 Å². The number of anilines is 1. The quantitative estimate of drug-likeness (QED) is 0.775. The van der Waals surface area contributed by atoms with E-state index in [1.807, 2.05) is 24.7 Å². The van der Waals surface area contributed by atoms with E-state index in [0.717, 1.165) is 29.6 Å². The number of imidazole rings is 1. The van der Waals surface area contributed by atoms with Crippen molar-refractivity contribution in [3.05, 3.63) is 43.4 Å². The highest BCUT2D eigenvalue weighted by Gasteiger charge is 2.60. The molecule has 0 saturated heterocycles. The summed E-state index contributed by atoms with van der Waals surface area (Å²) in [5.74, 6) is 3.02. The summed E-state index contributed by atoms with van der Waals surface area (Å²) >= 11 is 0. The fourth-order valence-corrected chi connectivity index (χ4v) is 6.66. The molecule has 4 fully saturated rings. The molecule has 4 aliphatic rings. The molecule has 3 heterocycles. The second-order valence-electron chi connectivity index (χ2n) is 8.84. The van der Waals surface area contributed by atoms with Gasteiger partial charge in [-0.1, -0.05) is 0 Å². The van der Waals surface area contributed by atoms with Gasteiger partial charge in [-0.25, -0.2) is 19.6 Å². The van der Waals surface area contributed by atoms with Crippen LogP contribution in [0.5, 0.6) is 0 Å². The molecule has 0 amide bonds. The van der Waals surface area contributed by atoms with Gasteiger partial charge in [0, 0.05) is 29.7 Å². The molecule has 138 valence electrons. The zero-order valence-electron chi connectivity index (χ0n) is 15.2. The smallest absolute Gasteiger partial charge is 0.140 e. The minimum Gasteiger partial charge on any atom is -0.384 e. The molecule has 4 aliphatic carbocycles. The van der Waals surface area contributed by atoms with Gasteiger partial charge in [0.25, 0.3) is 0 Å². The standard InChI is InChI=1S/C20H23N7/c21-17-6-16(1-2-23-17)18-24-3-4-26(18)19-7-14-5-15(8-19)10-20(9-14,11-19)27-13-22-12-25-27/h1-4,6,12-15H,5,7-11H2,(H2,21,23). The Balaban J connectivity index is 1.48. The van der Waals surface area contributed by atoms with Crippen LogP contribution in [0.25, 0.3) is 11.4 Å². The lowest BCUT2D eigenvalue weighted by Crippen LogP contribution is -2.60. The number of hydrogen-bond donors (Lipinski definition) is 1. The maximum absolute atomic E-state index is 5.94. The molecule has 0 radical (unpaired) electrons. The van der Waals surface area contributed by atoms with Gasteiger partial charge in [0.15, 0.2) is 0 Å². The maximum Gasteiger partial charge on any atom is 0.140 e. The van der Waals surface area contributed by atoms with E-state index in [2.05, 4.69) is 30.5 Å². The highest BCUT2D eigenvalue weighted by atomic mass is 15.4. The van der Waals surface area contributed by atoms with Gasteiger partial charge in [-0.3, -0.25) is 0 Å². The van der Waals surface area contributed by atoms with Crippen LogP contribution in [0.4, 0.5) is 5.82 Å². The molecule has 27 heavy (non-hydrogen) atoms. The SMILES string of the molecule is Nc1cc(-c2nccn2C23CC4CC(CC(n5cncn5)(C4)C2)C3)ccn1. The first-order chi connectivity index (χ1) is 13.2. The molecule has 2 atom stereocenters. The highest BCUT2D eigenvalue weighted by Crippen LogP contribution is 2.63. The predicted molar refractivity (Wildman–Crippen MR) is 101 cm³/mol. The van der Waals surface area contributed by atoms with E-state index in [9.17, 15) is 0 Å². The molecule has 7 nitrogen and oxygen atoms in total. The lowest BCUT2D eigenvalue weighted by molar-refractivity contribution is -0.0968. The van der Waals surface area contributed by atoms with Crippen LogP contribution in [0.15, 0.2) is 43.4 Å². The fourth-order valence-electron chi connectivity index (χ4n) is 6.66. The van der Waals surface area contributed by atoms with E-state index in [4.69, 9.17) is 10.7 Å². The summed E-state index contributed by atoms with van der Waals surface area (Å²) in [5.41, 5.74) is 7.17. The molecule has 0 aliphatic heterocycles. The molecule has 3 aromatic heterocycles. The van der Waals surface area contributed by atoms with Crippen LogP contribution in [0.3, 0.4) is 0 Å². The summed E-state index contributed by atoms with van der Waals surface area (Å²) in [6.45, 7) is 0. The number of hydrogen-bond acceptors (Lipinski definition) is 5. The lowest BCUT2D eigenvalue weighted by atomic mass is 9.49. The Hall–Kier alpha value is -2.70. The van der Waals surface area contributed by atoms with Crippen molar-refractivity contribution in [3.63, 3.8) is 0 Å². The van der Waals surface area contributed by atoms with Gasteiger partial charge in [-0.05, 0) is 62.5 Å². The van der Waals surface area contributed by atoms with Crippen LogP contribution in [0.2, 0.25) is 0 Å². The van der Waals surface area contributed by atoms with E-state index in [0.29, 0.717) is 5.82 Å². The summed E-state index contributed by atoms with van der Waals surface area (Å²) in [6.07, 6.45) is 16.8. The monoisotopic (exact) mass is 361 g/mol. The van der Waals surface area contributed by atoms with E-state index >= 15 is 0 Å². The summed E-state index contributed by atoms with van der Waals surface area (Å²) in [5, 5.41) is 4.57. The largest absolute Gasteiger partial charge is 0.384 e. The molecule has 2 unspecified atom stereocenters. The summed E-state index contributed by atoms with van der Waals surface area (Å²) in [7, 11) is 0. The third-order valence-electron chi connectivity index (χ3n) is 7.10. The van der Waals surface area contributed by atoms with E-state index < -0.39 is 0 Å². The number of pyridine rings is 1. The number of aromatic nitrogens is 6. The molecule has 3 aromatic rings. The van der Waals surface area contributed by atoms with Crippen molar-refractivity contribution in [3.8, 4) is 11.4 Å². The average molecular weight is 361 g/mol. The maximum atomic E-state index is 5.94. The second-order valence-corrected chi connectivity index (χ2v) is 8.84. The number of nitrogens with two attached hydrogens (primary N) is 1. The Labute approximate surface area is 157 Å². The third-order valence-corrected chi connectivity index (χ3v) is 7.10. The summed E-state index contributed by atoms with van der Waals surface area (Å²) in [6, 6.07) is 3.93. The van der Waals surface area contributed by atoms with Gasteiger partial charge >= 0.3 is 0 Å². The van der Waals surface area contributed by atoms with Crippen LogP contribution < -0.4 is 5.73 Å². The van der Waals surface area contributed by atoms with Crippen LogP contribution in [-0.2, 0) is 11.1 Å². The Morgan fingerprint density at radius 1 is 1.04 bits per heavy atom. The molecule has 0 aromatic carbocycles. The van der Waals surface area contributed by atoms with Crippen LogP contribution >= 0.6 is 0 Å². The number of nitrogen functional groups attached to an aromatic ring is 1. The fraction of sp³-hybridized carbons (Fsp3) is 0.500. The third kappa shape index (κ3) is 2.14. The first kappa shape index (κ1) is 15.4. The normalized spacial score (nSPS) is 34.2. The van der Waals surface area contributed by atoms with Crippen LogP contribution in [0.1, 0.15) is 38.5 Å². The van der Waals surface area contributed by atoms with Crippen molar-refractivity contribution in [1.82, 2.24) is 29.3 Å². The van der Waals surface area contributed by atoms with Crippen molar-refractivity contribution < 1.29 is 0 Å². The van der Waals surface area contributed by atoms with Gasteiger partial charge in [-0.15, -0.1) is 0 Å². The molecule has 4 saturated carbocycles. The van der Waals surface area contributed by atoms with Crippen molar-refractivity contribution in [2.24, 2.45) is 11.8 Å². The molecular formula is C20H23N7. The molecule has 7 rings (SSSR count). The second kappa shape index (κ2) is 5.18. The predicted octanol–water partition coefficient (Wildman–Crippen LogP) is 2.82. The van der Waals surface area contributed by atoms with Gasteiger partial charge < -0.3 is 10.3 Å². The molecule has 7 heteroatoms. The molecular weight excluding hydrogens is 338 g/mol. The Kier molecular flexibility index (Phi) is 2.95. The molecule has 4 bridgehead atoms. The first-order valence-corrected chi connectivity index (χ1v) is 9.77. The van der Waals surface area contributed by atoms with Gasteiger partial charge in [-0.2, -0.15) is 5.10 Å². The summed E-state index contributed by atoms with van der Waals surface area (Å²) in [4.78, 5) is 13.1. The topological polar surface area (TPSA) is 87.4 Å². The van der Waals surface area contributed by atoms with E-state index in [-0.39, 0.29) is 11.1 Å². The van der Waals surface area contributed by atoms with Crippen LogP contribution in [0, 0.1) is 11.8 Å².